The fourth-order valence-electron chi connectivity index (χ4n) is 3.45. The van der Waals surface area contributed by atoms with Gasteiger partial charge in [0.2, 0.25) is 0 Å². The molecule has 2 saturated carbocycles. The SMILES string of the molecule is CC(C)=C1CC2(CCCC2)C/C1=C(\C)C=N. The maximum Gasteiger partial charge on any atom is 0.0209 e. The van der Waals surface area contributed by atoms with E-state index in [4.69, 9.17) is 5.41 Å². The van der Waals surface area contributed by atoms with Gasteiger partial charge in [-0.25, -0.2) is 0 Å². The Morgan fingerprint density at radius 3 is 2.12 bits per heavy atom. The van der Waals surface area contributed by atoms with Gasteiger partial charge in [0.1, 0.15) is 0 Å². The lowest BCUT2D eigenvalue weighted by Crippen LogP contribution is -2.09. The van der Waals surface area contributed by atoms with Gasteiger partial charge in [0, 0.05) is 6.21 Å². The van der Waals surface area contributed by atoms with Crippen LogP contribution in [0.4, 0.5) is 0 Å². The summed E-state index contributed by atoms with van der Waals surface area (Å²) in [6, 6.07) is 0. The molecule has 0 atom stereocenters. The first kappa shape index (κ1) is 11.6. The zero-order valence-electron chi connectivity index (χ0n) is 10.8. The molecule has 0 aromatic heterocycles. The molecule has 1 nitrogen and oxygen atoms in total. The minimum atomic E-state index is 0.576. The third-order valence-electron chi connectivity index (χ3n) is 4.43. The summed E-state index contributed by atoms with van der Waals surface area (Å²) in [5.41, 5.74) is 6.26. The third kappa shape index (κ3) is 1.88. The van der Waals surface area contributed by atoms with Gasteiger partial charge < -0.3 is 5.41 Å². The van der Waals surface area contributed by atoms with Gasteiger partial charge in [0.25, 0.3) is 0 Å². The molecule has 0 radical (unpaired) electrons. The maximum atomic E-state index is 7.46. The summed E-state index contributed by atoms with van der Waals surface area (Å²) >= 11 is 0. The summed E-state index contributed by atoms with van der Waals surface area (Å²) in [5.74, 6) is 0. The van der Waals surface area contributed by atoms with Crippen LogP contribution in [0.3, 0.4) is 0 Å². The molecule has 0 heterocycles. The Hall–Kier alpha value is -0.850. The van der Waals surface area contributed by atoms with Gasteiger partial charge in [-0.3, -0.25) is 0 Å². The van der Waals surface area contributed by atoms with Crippen molar-refractivity contribution in [2.24, 2.45) is 5.41 Å². The minimum absolute atomic E-state index is 0.576. The van der Waals surface area contributed by atoms with E-state index in [1.54, 1.807) is 5.57 Å². The Bertz CT molecular complexity index is 361. The van der Waals surface area contributed by atoms with Gasteiger partial charge >= 0.3 is 0 Å². The zero-order chi connectivity index (χ0) is 11.8. The minimum Gasteiger partial charge on any atom is -0.308 e. The Kier molecular flexibility index (Phi) is 3.05. The van der Waals surface area contributed by atoms with E-state index in [9.17, 15) is 0 Å². The molecule has 2 aliphatic carbocycles. The summed E-state index contributed by atoms with van der Waals surface area (Å²) in [4.78, 5) is 0. The normalized spacial score (nSPS) is 26.3. The largest absolute Gasteiger partial charge is 0.308 e. The molecule has 2 fully saturated rings. The standard InChI is InChI=1S/C15H23N/c1-11(2)13-8-15(6-4-5-7-15)9-14(13)12(3)10-16/h10,16H,4-9H2,1-3H3/b14-12-,16-10?. The molecule has 0 saturated heterocycles. The van der Waals surface area contributed by atoms with Crippen molar-refractivity contribution >= 4 is 6.21 Å². The molecule has 88 valence electrons. The van der Waals surface area contributed by atoms with Gasteiger partial charge in [-0.05, 0) is 68.6 Å². The lowest BCUT2D eigenvalue weighted by molar-refractivity contribution is 0.325. The number of hydrogen-bond acceptors (Lipinski definition) is 1. The second-order valence-electron chi connectivity index (χ2n) is 5.85. The first-order valence-corrected chi connectivity index (χ1v) is 6.45. The topological polar surface area (TPSA) is 23.9 Å². The monoisotopic (exact) mass is 217 g/mol. The van der Waals surface area contributed by atoms with Crippen LogP contribution in [0.2, 0.25) is 0 Å². The fourth-order valence-corrected chi connectivity index (χ4v) is 3.45. The molecule has 16 heavy (non-hydrogen) atoms. The lowest BCUT2D eigenvalue weighted by atomic mass is 9.84. The van der Waals surface area contributed by atoms with E-state index in [0.717, 1.165) is 0 Å². The predicted molar refractivity (Wildman–Crippen MR) is 70.0 cm³/mol. The highest BCUT2D eigenvalue weighted by atomic mass is 14.5. The molecule has 0 amide bonds. The van der Waals surface area contributed by atoms with Gasteiger partial charge in [0.05, 0.1) is 0 Å². The van der Waals surface area contributed by atoms with Crippen molar-refractivity contribution < 1.29 is 0 Å². The van der Waals surface area contributed by atoms with Crippen LogP contribution in [0.25, 0.3) is 0 Å². The Morgan fingerprint density at radius 1 is 1.06 bits per heavy atom. The molecule has 2 rings (SSSR count). The number of rotatable bonds is 1. The Labute approximate surface area is 99.1 Å². The third-order valence-corrected chi connectivity index (χ3v) is 4.43. The van der Waals surface area contributed by atoms with Gasteiger partial charge in [-0.1, -0.05) is 18.4 Å². The van der Waals surface area contributed by atoms with Crippen LogP contribution in [-0.4, -0.2) is 6.21 Å². The van der Waals surface area contributed by atoms with E-state index in [2.05, 4.69) is 20.8 Å². The average Bonchev–Trinajstić information content (AvgIpc) is 2.86. The highest BCUT2D eigenvalue weighted by Crippen LogP contribution is 2.55. The van der Waals surface area contributed by atoms with Crippen molar-refractivity contribution in [1.29, 1.82) is 5.41 Å². The highest BCUT2D eigenvalue weighted by Gasteiger charge is 2.41. The molecule has 0 aromatic rings. The molecule has 2 aliphatic rings. The van der Waals surface area contributed by atoms with E-state index in [1.165, 1.54) is 61.5 Å². The summed E-state index contributed by atoms with van der Waals surface area (Å²) in [5, 5.41) is 7.46. The van der Waals surface area contributed by atoms with Gasteiger partial charge in [-0.2, -0.15) is 0 Å². The molecule has 0 unspecified atom stereocenters. The van der Waals surface area contributed by atoms with Gasteiger partial charge in [-0.15, -0.1) is 0 Å². The molecule has 1 heteroatoms. The average molecular weight is 217 g/mol. The maximum absolute atomic E-state index is 7.46. The first-order valence-electron chi connectivity index (χ1n) is 6.45. The molecule has 0 bridgehead atoms. The number of allylic oxidation sites excluding steroid dienone is 4. The smallest absolute Gasteiger partial charge is 0.0209 e. The summed E-state index contributed by atoms with van der Waals surface area (Å²) in [6.45, 7) is 6.54. The highest BCUT2D eigenvalue weighted by molar-refractivity contribution is 5.78. The van der Waals surface area contributed by atoms with E-state index in [1.807, 2.05) is 0 Å². The van der Waals surface area contributed by atoms with E-state index in [0.29, 0.717) is 5.41 Å². The second-order valence-corrected chi connectivity index (χ2v) is 5.85. The van der Waals surface area contributed by atoms with E-state index >= 15 is 0 Å². The Morgan fingerprint density at radius 2 is 1.62 bits per heavy atom. The van der Waals surface area contributed by atoms with Crippen LogP contribution < -0.4 is 0 Å². The fraction of sp³-hybridized carbons (Fsp3) is 0.667. The molecular formula is C15H23N. The van der Waals surface area contributed by atoms with Crippen molar-refractivity contribution in [1.82, 2.24) is 0 Å². The summed E-state index contributed by atoms with van der Waals surface area (Å²) < 4.78 is 0. The molecule has 1 spiro atoms. The van der Waals surface area contributed by atoms with Crippen LogP contribution in [-0.2, 0) is 0 Å². The van der Waals surface area contributed by atoms with E-state index in [-0.39, 0.29) is 0 Å². The number of nitrogens with one attached hydrogen (secondary N) is 1. The van der Waals surface area contributed by atoms with Crippen molar-refractivity contribution in [2.75, 3.05) is 0 Å². The molecule has 1 N–H and O–H groups in total. The van der Waals surface area contributed by atoms with Crippen molar-refractivity contribution in [3.63, 3.8) is 0 Å². The van der Waals surface area contributed by atoms with Gasteiger partial charge in [0.15, 0.2) is 0 Å². The van der Waals surface area contributed by atoms with Crippen molar-refractivity contribution in [2.45, 2.75) is 59.3 Å². The van der Waals surface area contributed by atoms with Crippen molar-refractivity contribution in [3.8, 4) is 0 Å². The van der Waals surface area contributed by atoms with Crippen molar-refractivity contribution in [3.05, 3.63) is 22.3 Å². The Balaban J connectivity index is 2.39. The quantitative estimate of drug-likeness (QED) is 0.618. The van der Waals surface area contributed by atoms with Crippen LogP contribution in [0.1, 0.15) is 59.3 Å². The second kappa shape index (κ2) is 4.20. The molecular weight excluding hydrogens is 194 g/mol. The van der Waals surface area contributed by atoms with Crippen LogP contribution >= 0.6 is 0 Å². The van der Waals surface area contributed by atoms with Crippen LogP contribution in [0.5, 0.6) is 0 Å². The summed E-state index contributed by atoms with van der Waals surface area (Å²) in [7, 11) is 0. The lowest BCUT2D eigenvalue weighted by Gasteiger charge is -2.20. The number of hydrogen-bond donors (Lipinski definition) is 1. The predicted octanol–water partition coefficient (Wildman–Crippen LogP) is 4.64. The van der Waals surface area contributed by atoms with Crippen LogP contribution in [0.15, 0.2) is 22.3 Å². The summed E-state index contributed by atoms with van der Waals surface area (Å²) in [6.07, 6.45) is 9.66. The molecule has 0 aliphatic heterocycles. The van der Waals surface area contributed by atoms with Crippen LogP contribution in [0, 0.1) is 10.8 Å². The van der Waals surface area contributed by atoms with E-state index < -0.39 is 0 Å². The molecule has 0 aromatic carbocycles. The zero-order valence-corrected chi connectivity index (χ0v) is 10.8. The first-order chi connectivity index (χ1) is 7.58.